The van der Waals surface area contributed by atoms with Crippen LogP contribution in [-0.4, -0.2) is 84.6 Å². The summed E-state index contributed by atoms with van der Waals surface area (Å²) in [6.45, 7) is 5.39. The highest BCUT2D eigenvalue weighted by atomic mass is 16.5. The Bertz CT molecular complexity index is 638. The second kappa shape index (κ2) is 11.4. The minimum Gasteiger partial charge on any atom is -0.393 e. The lowest BCUT2D eigenvalue weighted by molar-refractivity contribution is -0.172. The molecule has 4 aliphatic rings. The summed E-state index contributed by atoms with van der Waals surface area (Å²) in [4.78, 5) is 18.1. The van der Waals surface area contributed by atoms with Gasteiger partial charge in [0.1, 0.15) is 0 Å². The fourth-order valence-electron chi connectivity index (χ4n) is 7.35. The summed E-state index contributed by atoms with van der Waals surface area (Å²) >= 11 is 0. The summed E-state index contributed by atoms with van der Waals surface area (Å²) < 4.78 is 6.39. The summed E-state index contributed by atoms with van der Waals surface area (Å²) in [5.74, 6) is 1.95. The predicted molar refractivity (Wildman–Crippen MR) is 130 cm³/mol. The van der Waals surface area contributed by atoms with Crippen molar-refractivity contribution in [2.75, 3.05) is 40.3 Å². The van der Waals surface area contributed by atoms with Crippen molar-refractivity contribution >= 4 is 5.91 Å². The van der Waals surface area contributed by atoms with Crippen LogP contribution in [0.25, 0.3) is 0 Å². The van der Waals surface area contributed by atoms with Crippen LogP contribution in [0.2, 0.25) is 0 Å². The smallest absolute Gasteiger partial charge is 0.230 e. The van der Waals surface area contributed by atoms with Gasteiger partial charge in [0.2, 0.25) is 5.91 Å². The lowest BCUT2D eigenvalue weighted by Crippen LogP contribution is -2.58. The molecule has 3 saturated carbocycles. The summed E-state index contributed by atoms with van der Waals surface area (Å²) in [6.07, 6.45) is 9.51. The van der Waals surface area contributed by atoms with Crippen LogP contribution in [0, 0.1) is 35.5 Å². The lowest BCUT2D eigenvalue weighted by Gasteiger charge is -2.47. The first-order chi connectivity index (χ1) is 15.8. The normalized spacial score (nSPS) is 40.6. The van der Waals surface area contributed by atoms with Gasteiger partial charge in [-0.1, -0.05) is 26.2 Å². The zero-order chi connectivity index (χ0) is 23.5. The number of carbonyl (C=O) groups excluding carboxylic acids is 1. The fraction of sp³-hybridized carbons (Fsp3) is 0.963. The van der Waals surface area contributed by atoms with Crippen molar-refractivity contribution in [1.82, 2.24) is 9.80 Å². The monoisotopic (exact) mass is 464 g/mol. The van der Waals surface area contributed by atoms with Crippen LogP contribution in [0.3, 0.4) is 0 Å². The number of hydrogen-bond acceptors (Lipinski definition) is 5. The van der Waals surface area contributed by atoms with Crippen LogP contribution in [0.15, 0.2) is 0 Å². The van der Waals surface area contributed by atoms with E-state index in [2.05, 4.69) is 19.0 Å². The van der Waals surface area contributed by atoms with E-state index < -0.39 is 24.2 Å². The van der Waals surface area contributed by atoms with E-state index in [4.69, 9.17) is 4.74 Å². The largest absolute Gasteiger partial charge is 0.393 e. The Balaban J connectivity index is 1.41. The molecule has 1 aliphatic heterocycles. The molecule has 6 nitrogen and oxygen atoms in total. The Kier molecular flexibility index (Phi) is 8.75. The van der Waals surface area contributed by atoms with Crippen LogP contribution in [0.5, 0.6) is 0 Å². The van der Waals surface area contributed by atoms with E-state index >= 15 is 0 Å². The maximum absolute atomic E-state index is 13.8. The fourth-order valence-corrected chi connectivity index (χ4v) is 7.35. The molecule has 8 unspecified atom stereocenters. The Morgan fingerprint density at radius 2 is 1.70 bits per heavy atom. The molecular weight excluding hydrogens is 416 g/mol. The van der Waals surface area contributed by atoms with Crippen molar-refractivity contribution in [2.45, 2.75) is 89.4 Å². The summed E-state index contributed by atoms with van der Waals surface area (Å²) in [5.41, 5.74) is 0. The maximum atomic E-state index is 13.8. The van der Waals surface area contributed by atoms with Crippen molar-refractivity contribution in [3.63, 3.8) is 0 Å². The highest BCUT2D eigenvalue weighted by molar-refractivity contribution is 5.80. The first-order valence-electron chi connectivity index (χ1n) is 13.7. The average Bonchev–Trinajstić information content (AvgIpc) is 2.80. The molecule has 0 spiro atoms. The SMILES string of the molecule is CC1C(O)CC(O)C(C(=O)N2CCC3CCC(CN(C)C)CC3C2)C1OCC1CCCCC1. The van der Waals surface area contributed by atoms with Gasteiger partial charge >= 0.3 is 0 Å². The molecule has 4 fully saturated rings. The summed E-state index contributed by atoms with van der Waals surface area (Å²) in [6, 6.07) is 0. The molecule has 6 heteroatoms. The number of ether oxygens (including phenoxy) is 1. The third-order valence-electron chi connectivity index (χ3n) is 9.32. The lowest BCUT2D eigenvalue weighted by atomic mass is 9.70. The zero-order valence-corrected chi connectivity index (χ0v) is 21.2. The van der Waals surface area contributed by atoms with Gasteiger partial charge in [0.05, 0.1) is 24.2 Å². The molecule has 0 bridgehead atoms. The van der Waals surface area contributed by atoms with Gasteiger partial charge in [-0.2, -0.15) is 0 Å². The van der Waals surface area contributed by atoms with E-state index in [9.17, 15) is 15.0 Å². The minimum atomic E-state index is -0.828. The topological polar surface area (TPSA) is 73.2 Å². The highest BCUT2D eigenvalue weighted by Crippen LogP contribution is 2.41. The first-order valence-corrected chi connectivity index (χ1v) is 13.7. The molecular formula is C27H48N2O4. The molecule has 1 amide bonds. The molecule has 8 atom stereocenters. The molecule has 190 valence electrons. The molecule has 33 heavy (non-hydrogen) atoms. The Hall–Kier alpha value is -0.690. The van der Waals surface area contributed by atoms with E-state index in [-0.39, 0.29) is 18.2 Å². The molecule has 1 heterocycles. The van der Waals surface area contributed by atoms with Crippen LogP contribution in [0.4, 0.5) is 0 Å². The second-order valence-electron chi connectivity index (χ2n) is 12.1. The number of aliphatic hydroxyl groups excluding tert-OH is 2. The molecule has 4 rings (SSSR count). The van der Waals surface area contributed by atoms with Crippen molar-refractivity contribution in [2.24, 2.45) is 35.5 Å². The van der Waals surface area contributed by atoms with E-state index in [1.807, 2.05) is 11.8 Å². The Morgan fingerprint density at radius 3 is 2.42 bits per heavy atom. The molecule has 2 N–H and O–H groups in total. The van der Waals surface area contributed by atoms with Gasteiger partial charge < -0.3 is 24.7 Å². The molecule has 0 aromatic heterocycles. The van der Waals surface area contributed by atoms with Crippen LogP contribution >= 0.6 is 0 Å². The third kappa shape index (κ3) is 6.12. The quantitative estimate of drug-likeness (QED) is 0.632. The molecule has 1 saturated heterocycles. The Morgan fingerprint density at radius 1 is 0.939 bits per heavy atom. The van der Waals surface area contributed by atoms with Gasteiger partial charge in [0.15, 0.2) is 0 Å². The van der Waals surface area contributed by atoms with Crippen LogP contribution in [0.1, 0.15) is 71.1 Å². The molecule has 3 aliphatic carbocycles. The predicted octanol–water partition coefficient (Wildman–Crippen LogP) is 3.16. The first kappa shape index (κ1) is 25.4. The average molecular weight is 465 g/mol. The number of carbonyl (C=O) groups is 1. The van der Waals surface area contributed by atoms with Crippen LogP contribution < -0.4 is 0 Å². The second-order valence-corrected chi connectivity index (χ2v) is 12.1. The number of likely N-dealkylation sites (tertiary alicyclic amines) is 1. The van der Waals surface area contributed by atoms with Gasteiger partial charge in [0.25, 0.3) is 0 Å². The van der Waals surface area contributed by atoms with Gasteiger partial charge in [-0.15, -0.1) is 0 Å². The van der Waals surface area contributed by atoms with E-state index in [0.29, 0.717) is 18.4 Å². The molecule has 0 aromatic carbocycles. The summed E-state index contributed by atoms with van der Waals surface area (Å²) in [7, 11) is 4.30. The van der Waals surface area contributed by atoms with Gasteiger partial charge in [-0.25, -0.2) is 0 Å². The number of piperidine rings is 1. The number of nitrogens with zero attached hydrogens (tertiary/aromatic N) is 2. The highest BCUT2D eigenvalue weighted by Gasteiger charge is 2.48. The Labute approximate surface area is 201 Å². The number of rotatable bonds is 6. The van der Waals surface area contributed by atoms with Gasteiger partial charge in [0, 0.05) is 38.6 Å². The zero-order valence-electron chi connectivity index (χ0n) is 21.2. The molecule has 0 radical (unpaired) electrons. The maximum Gasteiger partial charge on any atom is 0.230 e. The minimum absolute atomic E-state index is 0.0584. The number of amides is 1. The third-order valence-corrected chi connectivity index (χ3v) is 9.32. The van der Waals surface area contributed by atoms with Crippen molar-refractivity contribution in [3.8, 4) is 0 Å². The van der Waals surface area contributed by atoms with Crippen LogP contribution in [-0.2, 0) is 9.53 Å². The number of fused-ring (bicyclic) bond motifs is 1. The van der Waals surface area contributed by atoms with Crippen molar-refractivity contribution in [1.29, 1.82) is 0 Å². The van der Waals surface area contributed by atoms with Gasteiger partial charge in [-0.05, 0) is 76.3 Å². The van der Waals surface area contributed by atoms with Gasteiger partial charge in [-0.3, -0.25) is 4.79 Å². The van der Waals surface area contributed by atoms with Crippen molar-refractivity contribution < 1.29 is 19.7 Å². The summed E-state index contributed by atoms with van der Waals surface area (Å²) in [5, 5.41) is 21.5. The number of hydrogen-bond donors (Lipinski definition) is 2. The number of aliphatic hydroxyl groups is 2. The van der Waals surface area contributed by atoms with Crippen molar-refractivity contribution in [3.05, 3.63) is 0 Å². The van der Waals surface area contributed by atoms with E-state index in [0.717, 1.165) is 37.9 Å². The van der Waals surface area contributed by atoms with E-state index in [1.54, 1.807) is 0 Å². The standard InChI is InChI=1S/C27H48N2O4/c1-18-23(30)14-24(31)25(26(18)33-17-19-7-5-4-6-8-19)27(32)29-12-11-21-10-9-20(15-28(2)3)13-22(21)16-29/h18-26,30-31H,4-17H2,1-3H3. The molecule has 0 aromatic rings. The van der Waals surface area contributed by atoms with E-state index in [1.165, 1.54) is 51.4 Å².